The Hall–Kier alpha value is -3.75. The third-order valence-corrected chi connectivity index (χ3v) is 3.42. The lowest BCUT2D eigenvalue weighted by Crippen LogP contribution is -2.20. The van der Waals surface area contributed by atoms with Crippen LogP contribution in [0.15, 0.2) is 48.5 Å². The molecule has 0 saturated heterocycles. The summed E-state index contributed by atoms with van der Waals surface area (Å²) < 4.78 is 5.27. The van der Waals surface area contributed by atoms with E-state index in [9.17, 15) is 14.9 Å². The topological polar surface area (TPSA) is 123 Å². The molecule has 0 spiro atoms. The van der Waals surface area contributed by atoms with Gasteiger partial charge in [-0.3, -0.25) is 20.0 Å². The number of nitro benzene ring substituents is 1. The Morgan fingerprint density at radius 2 is 2.08 bits per heavy atom. The molecular weight excluding hydrogens is 338 g/mol. The van der Waals surface area contributed by atoms with Gasteiger partial charge in [0.1, 0.15) is 5.82 Å². The van der Waals surface area contributed by atoms with E-state index in [-0.39, 0.29) is 18.0 Å². The standard InChI is InChI=1S/C17H15N5O4/c1-11-18-17(21-20-11)12-5-4-6-13(9-12)19-16(23)10-26-15-8-3-2-7-14(15)22(24)25/h2-9H,10H2,1H3,(H,19,23)(H,18,20,21). The zero-order valence-electron chi connectivity index (χ0n) is 13.8. The van der Waals surface area contributed by atoms with Crippen LogP contribution in [-0.4, -0.2) is 32.6 Å². The molecule has 9 heteroatoms. The summed E-state index contributed by atoms with van der Waals surface area (Å²) in [5, 5.41) is 20.4. The number of aryl methyl sites for hydroxylation is 1. The number of benzene rings is 2. The van der Waals surface area contributed by atoms with E-state index in [2.05, 4.69) is 20.5 Å². The molecule has 0 fully saturated rings. The maximum absolute atomic E-state index is 12.1. The number of nitrogens with one attached hydrogen (secondary N) is 2. The second kappa shape index (κ2) is 7.43. The van der Waals surface area contributed by atoms with Crippen molar-refractivity contribution in [2.24, 2.45) is 0 Å². The van der Waals surface area contributed by atoms with E-state index in [1.807, 2.05) is 6.07 Å². The van der Waals surface area contributed by atoms with Crippen LogP contribution in [0.25, 0.3) is 11.4 Å². The predicted octanol–water partition coefficient (Wildman–Crippen LogP) is 2.71. The van der Waals surface area contributed by atoms with Crippen molar-refractivity contribution in [3.8, 4) is 17.1 Å². The molecule has 1 amide bonds. The summed E-state index contributed by atoms with van der Waals surface area (Å²) in [6, 6.07) is 12.9. The highest BCUT2D eigenvalue weighted by Gasteiger charge is 2.15. The van der Waals surface area contributed by atoms with E-state index < -0.39 is 10.8 Å². The molecule has 26 heavy (non-hydrogen) atoms. The van der Waals surface area contributed by atoms with Crippen molar-refractivity contribution in [1.82, 2.24) is 15.2 Å². The molecule has 9 nitrogen and oxygen atoms in total. The number of aromatic nitrogens is 3. The molecule has 3 rings (SSSR count). The lowest BCUT2D eigenvalue weighted by atomic mass is 10.2. The molecular formula is C17H15N5O4. The van der Waals surface area contributed by atoms with Gasteiger partial charge in [0.15, 0.2) is 18.2 Å². The van der Waals surface area contributed by atoms with Gasteiger partial charge in [-0.25, -0.2) is 4.98 Å². The Balaban J connectivity index is 1.65. The van der Waals surface area contributed by atoms with Crippen LogP contribution >= 0.6 is 0 Å². The first kappa shape index (κ1) is 17.1. The molecule has 0 atom stereocenters. The largest absolute Gasteiger partial charge is 0.477 e. The van der Waals surface area contributed by atoms with E-state index in [1.54, 1.807) is 31.2 Å². The Morgan fingerprint density at radius 1 is 1.27 bits per heavy atom. The molecule has 0 aliphatic heterocycles. The van der Waals surface area contributed by atoms with Crippen LogP contribution in [0.2, 0.25) is 0 Å². The maximum atomic E-state index is 12.1. The minimum atomic E-state index is -0.560. The van der Waals surface area contributed by atoms with Crippen molar-refractivity contribution in [1.29, 1.82) is 0 Å². The number of rotatable bonds is 6. The van der Waals surface area contributed by atoms with Crippen LogP contribution < -0.4 is 10.1 Å². The molecule has 0 radical (unpaired) electrons. The number of carbonyl (C=O) groups is 1. The van der Waals surface area contributed by atoms with Crippen LogP contribution in [0, 0.1) is 17.0 Å². The molecule has 2 aromatic carbocycles. The molecule has 1 aromatic heterocycles. The first-order valence-electron chi connectivity index (χ1n) is 7.68. The van der Waals surface area contributed by atoms with E-state index in [4.69, 9.17) is 4.74 Å². The molecule has 0 unspecified atom stereocenters. The van der Waals surface area contributed by atoms with Crippen LogP contribution in [0.4, 0.5) is 11.4 Å². The quantitative estimate of drug-likeness (QED) is 0.519. The summed E-state index contributed by atoms with van der Waals surface area (Å²) in [6.07, 6.45) is 0. The smallest absolute Gasteiger partial charge is 0.310 e. The number of hydrogen-bond acceptors (Lipinski definition) is 6. The first-order chi connectivity index (χ1) is 12.5. The van der Waals surface area contributed by atoms with E-state index in [1.165, 1.54) is 18.2 Å². The van der Waals surface area contributed by atoms with Crippen LogP contribution in [0.5, 0.6) is 5.75 Å². The third-order valence-electron chi connectivity index (χ3n) is 3.42. The average Bonchev–Trinajstić information content (AvgIpc) is 3.07. The van der Waals surface area contributed by atoms with E-state index in [0.29, 0.717) is 17.3 Å². The van der Waals surface area contributed by atoms with Crippen molar-refractivity contribution in [3.05, 3.63) is 64.5 Å². The summed E-state index contributed by atoms with van der Waals surface area (Å²) in [4.78, 5) is 26.7. The number of anilines is 1. The predicted molar refractivity (Wildman–Crippen MR) is 93.8 cm³/mol. The van der Waals surface area contributed by atoms with E-state index >= 15 is 0 Å². The molecule has 2 N–H and O–H groups in total. The summed E-state index contributed by atoms with van der Waals surface area (Å²) in [5.41, 5.74) is 1.09. The van der Waals surface area contributed by atoms with Crippen molar-refractivity contribution in [2.75, 3.05) is 11.9 Å². The van der Waals surface area contributed by atoms with Gasteiger partial charge in [-0.05, 0) is 25.1 Å². The Kier molecular flexibility index (Phi) is 4.88. The molecule has 132 valence electrons. The van der Waals surface area contributed by atoms with Gasteiger partial charge in [0, 0.05) is 17.3 Å². The SMILES string of the molecule is Cc1nc(-c2cccc(NC(=O)COc3ccccc3[N+](=O)[O-])c2)n[nH]1. The summed E-state index contributed by atoms with van der Waals surface area (Å²) >= 11 is 0. The molecule has 0 bridgehead atoms. The number of amides is 1. The van der Waals surface area contributed by atoms with E-state index in [0.717, 1.165) is 5.56 Å². The fourth-order valence-corrected chi connectivity index (χ4v) is 2.28. The zero-order chi connectivity index (χ0) is 18.5. The zero-order valence-corrected chi connectivity index (χ0v) is 13.8. The summed E-state index contributed by atoms with van der Waals surface area (Å²) in [6.45, 7) is 1.44. The Labute approximate surface area is 148 Å². The minimum absolute atomic E-state index is 0.0394. The fraction of sp³-hybridized carbons (Fsp3) is 0.118. The number of hydrogen-bond donors (Lipinski definition) is 2. The van der Waals surface area contributed by atoms with Gasteiger partial charge in [-0.15, -0.1) is 0 Å². The van der Waals surface area contributed by atoms with Gasteiger partial charge in [0.05, 0.1) is 4.92 Å². The second-order valence-corrected chi connectivity index (χ2v) is 5.39. The monoisotopic (exact) mass is 353 g/mol. The number of H-pyrrole nitrogens is 1. The Bertz CT molecular complexity index is 954. The summed E-state index contributed by atoms with van der Waals surface area (Å²) in [7, 11) is 0. The molecule has 0 aliphatic carbocycles. The average molecular weight is 353 g/mol. The van der Waals surface area contributed by atoms with Gasteiger partial charge in [-0.2, -0.15) is 5.10 Å². The maximum Gasteiger partial charge on any atom is 0.310 e. The third kappa shape index (κ3) is 4.01. The van der Waals surface area contributed by atoms with Gasteiger partial charge in [0.2, 0.25) is 0 Å². The lowest BCUT2D eigenvalue weighted by molar-refractivity contribution is -0.385. The minimum Gasteiger partial charge on any atom is -0.477 e. The highest BCUT2D eigenvalue weighted by Crippen LogP contribution is 2.25. The number of carbonyl (C=O) groups excluding carboxylic acids is 1. The van der Waals surface area contributed by atoms with Crippen molar-refractivity contribution in [2.45, 2.75) is 6.92 Å². The number of aromatic amines is 1. The van der Waals surface area contributed by atoms with Crippen molar-refractivity contribution < 1.29 is 14.5 Å². The van der Waals surface area contributed by atoms with Crippen molar-refractivity contribution >= 4 is 17.3 Å². The van der Waals surface area contributed by atoms with Crippen LogP contribution in [-0.2, 0) is 4.79 Å². The molecule has 1 heterocycles. The number of ether oxygens (including phenoxy) is 1. The van der Waals surface area contributed by atoms with Crippen LogP contribution in [0.3, 0.4) is 0 Å². The summed E-state index contributed by atoms with van der Waals surface area (Å²) in [5.74, 6) is 0.811. The van der Waals surface area contributed by atoms with Gasteiger partial charge >= 0.3 is 5.69 Å². The first-order valence-corrected chi connectivity index (χ1v) is 7.68. The van der Waals surface area contributed by atoms with Gasteiger partial charge < -0.3 is 10.1 Å². The normalized spacial score (nSPS) is 10.3. The Morgan fingerprint density at radius 3 is 2.81 bits per heavy atom. The molecule has 0 aliphatic rings. The second-order valence-electron chi connectivity index (χ2n) is 5.39. The van der Waals surface area contributed by atoms with Crippen molar-refractivity contribution in [3.63, 3.8) is 0 Å². The molecule has 3 aromatic rings. The molecule has 0 saturated carbocycles. The number of nitrogens with zero attached hydrogens (tertiary/aromatic N) is 3. The number of para-hydroxylation sites is 2. The highest BCUT2D eigenvalue weighted by molar-refractivity contribution is 5.92. The lowest BCUT2D eigenvalue weighted by Gasteiger charge is -2.08. The van der Waals surface area contributed by atoms with Gasteiger partial charge in [-0.1, -0.05) is 24.3 Å². The van der Waals surface area contributed by atoms with Gasteiger partial charge in [0.25, 0.3) is 5.91 Å². The van der Waals surface area contributed by atoms with Crippen LogP contribution in [0.1, 0.15) is 5.82 Å². The number of nitro groups is 1. The highest BCUT2D eigenvalue weighted by atomic mass is 16.6. The fourth-order valence-electron chi connectivity index (χ4n) is 2.28.